The molecule has 0 N–H and O–H groups in total. The van der Waals surface area contributed by atoms with Crippen molar-refractivity contribution in [2.45, 2.75) is 38.8 Å². The average Bonchev–Trinajstić information content (AvgIpc) is 3.11. The second-order valence-electron chi connectivity index (χ2n) is 9.35. The molecule has 34 heavy (non-hydrogen) atoms. The molecule has 7 heteroatoms. The molecule has 0 saturated carbocycles. The van der Waals surface area contributed by atoms with Crippen LogP contribution in [0, 0.1) is 12.7 Å². The number of halogens is 2. The van der Waals surface area contributed by atoms with Gasteiger partial charge >= 0.3 is 0 Å². The molecule has 0 bridgehead atoms. The molecule has 2 fully saturated rings. The number of amides is 1. The average molecular weight is 484 g/mol. The Hall–Kier alpha value is -2.41. The zero-order chi connectivity index (χ0) is 23.7. The number of benzene rings is 2. The first-order valence-electron chi connectivity index (χ1n) is 12.1. The maximum Gasteiger partial charge on any atom is 0.242 e. The zero-order valence-corrected chi connectivity index (χ0v) is 20.4. The number of aromatic nitrogens is 1. The molecule has 3 heterocycles. The summed E-state index contributed by atoms with van der Waals surface area (Å²) < 4.78 is 22.0. The molecule has 1 amide bonds. The lowest BCUT2D eigenvalue weighted by molar-refractivity contribution is -0.135. The smallest absolute Gasteiger partial charge is 0.242 e. The predicted octanol–water partition coefficient (Wildman–Crippen LogP) is 4.98. The minimum absolute atomic E-state index is 0.140. The summed E-state index contributed by atoms with van der Waals surface area (Å²) in [6, 6.07) is 13.3. The van der Waals surface area contributed by atoms with E-state index in [2.05, 4.69) is 34.6 Å². The van der Waals surface area contributed by atoms with Gasteiger partial charge in [-0.3, -0.25) is 9.69 Å². The number of carbonyl (C=O) groups is 1. The van der Waals surface area contributed by atoms with E-state index in [0.717, 1.165) is 43.7 Å². The third-order valence-electron chi connectivity index (χ3n) is 7.40. The monoisotopic (exact) mass is 483 g/mol. The molecule has 5 nitrogen and oxygen atoms in total. The number of fused-ring (bicyclic) bond motifs is 1. The van der Waals surface area contributed by atoms with Crippen LogP contribution in [0.3, 0.4) is 0 Å². The summed E-state index contributed by atoms with van der Waals surface area (Å²) in [6.07, 6.45) is 1.77. The van der Waals surface area contributed by atoms with Gasteiger partial charge in [0.1, 0.15) is 12.4 Å². The Kier molecular flexibility index (Phi) is 6.91. The fourth-order valence-electron chi connectivity index (χ4n) is 5.46. The van der Waals surface area contributed by atoms with Crippen LogP contribution in [-0.2, 0) is 22.6 Å². The molecule has 0 spiro atoms. The lowest BCUT2D eigenvalue weighted by Gasteiger charge is -2.32. The van der Waals surface area contributed by atoms with Crippen LogP contribution >= 0.6 is 11.6 Å². The topological polar surface area (TPSA) is 37.7 Å². The Bertz CT molecular complexity index is 1160. The van der Waals surface area contributed by atoms with Gasteiger partial charge in [0.25, 0.3) is 0 Å². The van der Waals surface area contributed by atoms with Crippen LogP contribution in [0.4, 0.5) is 4.39 Å². The van der Waals surface area contributed by atoms with E-state index in [-0.39, 0.29) is 17.6 Å². The van der Waals surface area contributed by atoms with E-state index < -0.39 is 0 Å². The van der Waals surface area contributed by atoms with Crippen LogP contribution < -0.4 is 0 Å². The highest BCUT2D eigenvalue weighted by Crippen LogP contribution is 2.36. The summed E-state index contributed by atoms with van der Waals surface area (Å²) in [6.45, 7) is 7.60. The van der Waals surface area contributed by atoms with E-state index >= 15 is 0 Å². The summed E-state index contributed by atoms with van der Waals surface area (Å²) in [5, 5.41) is 1.73. The first-order chi connectivity index (χ1) is 16.5. The molecule has 2 saturated heterocycles. The lowest BCUT2D eigenvalue weighted by Crippen LogP contribution is -2.42. The molecule has 0 radical (unpaired) electrons. The van der Waals surface area contributed by atoms with Crippen molar-refractivity contribution in [3.8, 4) is 0 Å². The van der Waals surface area contributed by atoms with Crippen LogP contribution in [0.25, 0.3) is 10.9 Å². The van der Waals surface area contributed by atoms with Crippen LogP contribution in [-0.4, -0.2) is 59.7 Å². The maximum atomic E-state index is 14.4. The lowest BCUT2D eigenvalue weighted by atomic mass is 9.89. The number of carbonyl (C=O) groups excluding carboxylic acids is 1. The number of morpholine rings is 1. The summed E-state index contributed by atoms with van der Waals surface area (Å²) in [4.78, 5) is 17.3. The highest BCUT2D eigenvalue weighted by Gasteiger charge is 2.27. The van der Waals surface area contributed by atoms with E-state index in [0.29, 0.717) is 43.4 Å². The summed E-state index contributed by atoms with van der Waals surface area (Å²) >= 11 is 6.32. The van der Waals surface area contributed by atoms with Crippen LogP contribution in [0.2, 0.25) is 5.02 Å². The molecule has 180 valence electrons. The van der Waals surface area contributed by atoms with Crippen molar-refractivity contribution in [2.75, 3.05) is 39.4 Å². The third kappa shape index (κ3) is 4.59. The molecule has 5 rings (SSSR count). The van der Waals surface area contributed by atoms with Gasteiger partial charge in [-0.05, 0) is 62.5 Å². The summed E-state index contributed by atoms with van der Waals surface area (Å²) in [5.74, 6) is 0.0922. The van der Waals surface area contributed by atoms with Crippen molar-refractivity contribution >= 4 is 28.4 Å². The molecule has 0 atom stereocenters. The molecule has 2 aromatic carbocycles. The second-order valence-corrected chi connectivity index (χ2v) is 9.75. The van der Waals surface area contributed by atoms with E-state index in [1.165, 1.54) is 17.0 Å². The Morgan fingerprint density at radius 3 is 2.53 bits per heavy atom. The Labute approximate surface area is 205 Å². The molecule has 2 aliphatic rings. The van der Waals surface area contributed by atoms with Crippen LogP contribution in [0.1, 0.15) is 35.6 Å². The number of rotatable bonds is 5. The minimum atomic E-state index is -0.199. The van der Waals surface area contributed by atoms with Crippen LogP contribution in [0.5, 0.6) is 0 Å². The number of piperidine rings is 1. The third-order valence-corrected chi connectivity index (χ3v) is 7.73. The first-order valence-corrected chi connectivity index (χ1v) is 12.5. The van der Waals surface area contributed by atoms with Gasteiger partial charge in [-0.2, -0.15) is 0 Å². The standard InChI is InChI=1S/C27H31ClFN3O2/c1-19-22(17-30-11-9-20(10-12-30)27-23(28)6-4-7-24(27)29)21-5-2-3-8-25(21)32(19)18-26(33)31-13-15-34-16-14-31/h2-8,20H,9-18H2,1H3. The number of hydrogen-bond donors (Lipinski definition) is 0. The first kappa shape index (κ1) is 23.3. The molecule has 0 unspecified atom stereocenters. The van der Waals surface area contributed by atoms with Crippen molar-refractivity contribution in [2.24, 2.45) is 0 Å². The Balaban J connectivity index is 1.33. The van der Waals surface area contributed by atoms with Gasteiger partial charge < -0.3 is 14.2 Å². The highest BCUT2D eigenvalue weighted by atomic mass is 35.5. The quantitative estimate of drug-likeness (QED) is 0.513. The van der Waals surface area contributed by atoms with E-state index in [9.17, 15) is 9.18 Å². The number of hydrogen-bond acceptors (Lipinski definition) is 3. The van der Waals surface area contributed by atoms with Crippen molar-refractivity contribution < 1.29 is 13.9 Å². The Morgan fingerprint density at radius 1 is 1.06 bits per heavy atom. The van der Waals surface area contributed by atoms with Gasteiger partial charge in [0, 0.05) is 46.8 Å². The number of ether oxygens (including phenoxy) is 1. The Morgan fingerprint density at radius 2 is 1.79 bits per heavy atom. The fourth-order valence-corrected chi connectivity index (χ4v) is 5.78. The fraction of sp³-hybridized carbons (Fsp3) is 0.444. The van der Waals surface area contributed by atoms with Crippen LogP contribution in [0.15, 0.2) is 42.5 Å². The maximum absolute atomic E-state index is 14.4. The molecule has 2 aliphatic heterocycles. The summed E-state index contributed by atoms with van der Waals surface area (Å²) in [7, 11) is 0. The van der Waals surface area contributed by atoms with E-state index in [1.54, 1.807) is 12.1 Å². The predicted molar refractivity (Wildman–Crippen MR) is 133 cm³/mol. The molecule has 3 aromatic rings. The van der Waals surface area contributed by atoms with Gasteiger partial charge in [0.2, 0.25) is 5.91 Å². The number of nitrogens with zero attached hydrogens (tertiary/aromatic N) is 3. The zero-order valence-electron chi connectivity index (χ0n) is 19.6. The van der Waals surface area contributed by atoms with Crippen molar-refractivity contribution in [3.63, 3.8) is 0 Å². The van der Waals surface area contributed by atoms with E-state index in [1.807, 2.05) is 11.0 Å². The second kappa shape index (κ2) is 10.1. The molecular weight excluding hydrogens is 453 g/mol. The summed E-state index contributed by atoms with van der Waals surface area (Å²) in [5.41, 5.74) is 4.18. The number of para-hydroxylation sites is 1. The largest absolute Gasteiger partial charge is 0.378 e. The van der Waals surface area contributed by atoms with Gasteiger partial charge in [-0.1, -0.05) is 35.9 Å². The molecule has 1 aromatic heterocycles. The van der Waals surface area contributed by atoms with Crippen molar-refractivity contribution in [1.82, 2.24) is 14.4 Å². The SMILES string of the molecule is Cc1c(CN2CCC(c3c(F)cccc3Cl)CC2)c2ccccc2n1CC(=O)N1CCOCC1. The minimum Gasteiger partial charge on any atom is -0.378 e. The number of likely N-dealkylation sites (tertiary alicyclic amines) is 1. The van der Waals surface area contributed by atoms with Gasteiger partial charge in [0.05, 0.1) is 13.2 Å². The van der Waals surface area contributed by atoms with Crippen molar-refractivity contribution in [3.05, 3.63) is 70.1 Å². The van der Waals surface area contributed by atoms with Crippen molar-refractivity contribution in [1.29, 1.82) is 0 Å². The van der Waals surface area contributed by atoms with Gasteiger partial charge in [-0.25, -0.2) is 4.39 Å². The molecular formula is C27H31ClFN3O2. The normalized spacial score (nSPS) is 18.0. The van der Waals surface area contributed by atoms with E-state index in [4.69, 9.17) is 16.3 Å². The molecule has 0 aliphatic carbocycles. The van der Waals surface area contributed by atoms with Gasteiger partial charge in [0.15, 0.2) is 0 Å². The van der Waals surface area contributed by atoms with Gasteiger partial charge in [-0.15, -0.1) is 0 Å². The highest BCUT2D eigenvalue weighted by molar-refractivity contribution is 6.31.